The summed E-state index contributed by atoms with van der Waals surface area (Å²) in [5.74, 6) is -4.85. The molecule has 1 fully saturated rings. The summed E-state index contributed by atoms with van der Waals surface area (Å²) >= 11 is 0. The fraction of sp³-hybridized carbons (Fsp3) is 0.550. The van der Waals surface area contributed by atoms with Gasteiger partial charge in [-0.05, 0) is 24.6 Å². The maximum absolute atomic E-state index is 12.8. The number of hydrogen-bond acceptors (Lipinski definition) is 9. The molecule has 9 nitrogen and oxygen atoms in total. The number of ketones is 1. The zero-order valence-electron chi connectivity index (χ0n) is 17.3. The topological polar surface area (TPSA) is 118 Å². The van der Waals surface area contributed by atoms with E-state index < -0.39 is 47.5 Å². The molecule has 4 atom stereocenters. The SMILES string of the molecule is COC(=O)[C@@H]1C(=O)C[C@](C)(O)[C@H](C(=O)OC)[C@H]1c1cc(OC)c(OC)c(OC)c1. The molecule has 1 aliphatic rings. The first kappa shape index (κ1) is 22.5. The Labute approximate surface area is 168 Å². The largest absolute Gasteiger partial charge is 0.493 e. The predicted molar refractivity (Wildman–Crippen MR) is 100 cm³/mol. The normalized spacial score (nSPS) is 26.4. The van der Waals surface area contributed by atoms with E-state index in [0.29, 0.717) is 11.3 Å². The van der Waals surface area contributed by atoms with Crippen LogP contribution in [-0.4, -0.2) is 64.0 Å². The van der Waals surface area contributed by atoms with Gasteiger partial charge in [0.05, 0.1) is 47.1 Å². The first-order chi connectivity index (χ1) is 13.7. The molecule has 1 aliphatic carbocycles. The average Bonchev–Trinajstić information content (AvgIpc) is 2.70. The fourth-order valence-electron chi connectivity index (χ4n) is 3.96. The molecule has 0 bridgehead atoms. The summed E-state index contributed by atoms with van der Waals surface area (Å²) < 4.78 is 25.7. The lowest BCUT2D eigenvalue weighted by Crippen LogP contribution is -2.55. The minimum absolute atomic E-state index is 0.270. The average molecular weight is 410 g/mol. The summed E-state index contributed by atoms with van der Waals surface area (Å²) in [6, 6.07) is 3.07. The van der Waals surface area contributed by atoms with E-state index in [9.17, 15) is 19.5 Å². The van der Waals surface area contributed by atoms with Crippen LogP contribution < -0.4 is 14.2 Å². The van der Waals surface area contributed by atoms with Crippen molar-refractivity contribution >= 4 is 17.7 Å². The number of carbonyl (C=O) groups excluding carboxylic acids is 3. The Hall–Kier alpha value is -2.81. The second kappa shape index (κ2) is 8.69. The van der Waals surface area contributed by atoms with Crippen molar-refractivity contribution in [2.24, 2.45) is 11.8 Å². The van der Waals surface area contributed by atoms with Crippen molar-refractivity contribution < 1.29 is 43.2 Å². The summed E-state index contributed by atoms with van der Waals surface area (Å²) in [4.78, 5) is 37.9. The number of benzene rings is 1. The van der Waals surface area contributed by atoms with E-state index in [4.69, 9.17) is 23.7 Å². The van der Waals surface area contributed by atoms with Crippen LogP contribution in [0.2, 0.25) is 0 Å². The Morgan fingerprint density at radius 3 is 1.90 bits per heavy atom. The van der Waals surface area contributed by atoms with Gasteiger partial charge in [0, 0.05) is 12.3 Å². The Balaban J connectivity index is 2.80. The molecule has 0 saturated heterocycles. The number of ether oxygens (including phenoxy) is 5. The quantitative estimate of drug-likeness (QED) is 0.543. The third-order valence-electron chi connectivity index (χ3n) is 5.25. The van der Waals surface area contributed by atoms with Crippen LogP contribution in [0.1, 0.15) is 24.8 Å². The highest BCUT2D eigenvalue weighted by molar-refractivity contribution is 6.02. The smallest absolute Gasteiger partial charge is 0.316 e. The summed E-state index contributed by atoms with van der Waals surface area (Å²) in [5, 5.41) is 10.9. The van der Waals surface area contributed by atoms with Gasteiger partial charge in [-0.3, -0.25) is 14.4 Å². The number of carbonyl (C=O) groups is 3. The first-order valence-electron chi connectivity index (χ1n) is 8.87. The number of methoxy groups -OCH3 is 5. The van der Waals surface area contributed by atoms with Crippen LogP contribution in [0.5, 0.6) is 17.2 Å². The van der Waals surface area contributed by atoms with Crippen LogP contribution in [0, 0.1) is 11.8 Å². The van der Waals surface area contributed by atoms with Gasteiger partial charge in [-0.15, -0.1) is 0 Å². The number of Topliss-reactive ketones (excluding diaryl/α,β-unsaturated/α-hetero) is 1. The highest BCUT2D eigenvalue weighted by Crippen LogP contribution is 2.49. The van der Waals surface area contributed by atoms with Gasteiger partial charge in [0.1, 0.15) is 5.92 Å². The van der Waals surface area contributed by atoms with Crippen LogP contribution in [0.3, 0.4) is 0 Å². The molecule has 0 aliphatic heterocycles. The van der Waals surface area contributed by atoms with Crippen LogP contribution in [0.4, 0.5) is 0 Å². The molecular weight excluding hydrogens is 384 g/mol. The summed E-state index contributed by atoms with van der Waals surface area (Å²) in [7, 11) is 6.59. The predicted octanol–water partition coefficient (Wildman–Crippen LogP) is 1.10. The highest BCUT2D eigenvalue weighted by atomic mass is 16.5. The van der Waals surface area contributed by atoms with Crippen molar-refractivity contribution in [3.8, 4) is 17.2 Å². The van der Waals surface area contributed by atoms with Gasteiger partial charge in [0.15, 0.2) is 17.3 Å². The van der Waals surface area contributed by atoms with Gasteiger partial charge in [0.2, 0.25) is 5.75 Å². The molecule has 2 rings (SSSR count). The zero-order chi connectivity index (χ0) is 21.9. The molecule has 160 valence electrons. The molecule has 0 spiro atoms. The number of hydrogen-bond donors (Lipinski definition) is 1. The molecule has 0 aromatic heterocycles. The van der Waals surface area contributed by atoms with Gasteiger partial charge in [0.25, 0.3) is 0 Å². The van der Waals surface area contributed by atoms with Crippen molar-refractivity contribution in [3.05, 3.63) is 17.7 Å². The monoisotopic (exact) mass is 410 g/mol. The second-order valence-electron chi connectivity index (χ2n) is 6.99. The summed E-state index contributed by atoms with van der Waals surface area (Å²) in [6.45, 7) is 1.37. The van der Waals surface area contributed by atoms with Crippen LogP contribution in [0.15, 0.2) is 12.1 Å². The molecule has 0 amide bonds. The van der Waals surface area contributed by atoms with Crippen LogP contribution >= 0.6 is 0 Å². The van der Waals surface area contributed by atoms with Gasteiger partial charge >= 0.3 is 11.9 Å². The number of rotatable bonds is 6. The van der Waals surface area contributed by atoms with E-state index in [0.717, 1.165) is 7.11 Å². The van der Waals surface area contributed by atoms with Crippen molar-refractivity contribution in [1.29, 1.82) is 0 Å². The van der Waals surface area contributed by atoms with E-state index in [1.165, 1.54) is 47.5 Å². The molecule has 0 heterocycles. The van der Waals surface area contributed by atoms with E-state index in [-0.39, 0.29) is 11.5 Å². The van der Waals surface area contributed by atoms with Crippen LogP contribution in [-0.2, 0) is 23.9 Å². The van der Waals surface area contributed by atoms with Crippen molar-refractivity contribution in [2.45, 2.75) is 24.9 Å². The molecule has 0 unspecified atom stereocenters. The number of aliphatic hydroxyl groups is 1. The van der Waals surface area contributed by atoms with Crippen molar-refractivity contribution in [1.82, 2.24) is 0 Å². The minimum Gasteiger partial charge on any atom is -0.493 e. The third-order valence-corrected chi connectivity index (χ3v) is 5.25. The van der Waals surface area contributed by atoms with Gasteiger partial charge in [-0.2, -0.15) is 0 Å². The third kappa shape index (κ3) is 4.00. The molecule has 1 saturated carbocycles. The van der Waals surface area contributed by atoms with E-state index >= 15 is 0 Å². The van der Waals surface area contributed by atoms with E-state index in [1.54, 1.807) is 0 Å². The maximum atomic E-state index is 12.8. The Morgan fingerprint density at radius 1 is 0.966 bits per heavy atom. The fourth-order valence-corrected chi connectivity index (χ4v) is 3.96. The summed E-state index contributed by atoms with van der Waals surface area (Å²) in [6.07, 6.45) is -0.395. The van der Waals surface area contributed by atoms with Crippen molar-refractivity contribution in [2.75, 3.05) is 35.5 Å². The summed E-state index contributed by atoms with van der Waals surface area (Å²) in [5.41, 5.74) is -1.38. The molecular formula is C20H26O9. The van der Waals surface area contributed by atoms with Gasteiger partial charge < -0.3 is 28.8 Å². The van der Waals surface area contributed by atoms with Gasteiger partial charge in [-0.25, -0.2) is 0 Å². The van der Waals surface area contributed by atoms with Crippen LogP contribution in [0.25, 0.3) is 0 Å². The minimum atomic E-state index is -1.74. The zero-order valence-corrected chi connectivity index (χ0v) is 17.3. The van der Waals surface area contributed by atoms with E-state index in [2.05, 4.69) is 0 Å². The van der Waals surface area contributed by atoms with Gasteiger partial charge in [-0.1, -0.05) is 0 Å². The molecule has 0 radical (unpaired) electrons. The number of esters is 2. The maximum Gasteiger partial charge on any atom is 0.316 e. The Bertz CT molecular complexity index is 774. The molecule has 1 N–H and O–H groups in total. The standard InChI is InChI=1S/C20H26O9/c1-20(24)9-11(21)15(18(22)28-5)14(16(20)19(23)29-6)10-7-12(25-2)17(27-4)13(8-10)26-3/h7-8,14-16,24H,9H2,1-6H3/t14-,15+,16-,20-/m0/s1. The molecule has 29 heavy (non-hydrogen) atoms. The highest BCUT2D eigenvalue weighted by Gasteiger charge is 2.57. The first-order valence-corrected chi connectivity index (χ1v) is 8.87. The Kier molecular flexibility index (Phi) is 6.73. The van der Waals surface area contributed by atoms with E-state index in [1.807, 2.05) is 0 Å². The lowest BCUT2D eigenvalue weighted by molar-refractivity contribution is -0.170. The lowest BCUT2D eigenvalue weighted by Gasteiger charge is -2.43. The molecule has 1 aromatic rings. The molecule has 1 aromatic carbocycles. The second-order valence-corrected chi connectivity index (χ2v) is 6.99. The molecule has 9 heteroatoms. The Morgan fingerprint density at radius 2 is 1.48 bits per heavy atom. The lowest BCUT2D eigenvalue weighted by atomic mass is 9.61. The van der Waals surface area contributed by atoms with Crippen molar-refractivity contribution in [3.63, 3.8) is 0 Å².